The number of aliphatic hydroxyl groups excluding tert-OH is 4. The second-order valence-corrected chi connectivity index (χ2v) is 9.13. The number of carbonyl (C=O) groups is 1. The van der Waals surface area contributed by atoms with E-state index in [0.717, 1.165) is 0 Å². The summed E-state index contributed by atoms with van der Waals surface area (Å²) in [4.78, 5) is 13.4. The van der Waals surface area contributed by atoms with Crippen LogP contribution >= 0.6 is 11.6 Å². The number of fused-ring (bicyclic) bond motifs is 1. The second-order valence-electron chi connectivity index (χ2n) is 8.69. The van der Waals surface area contributed by atoms with E-state index in [1.807, 2.05) is 6.07 Å². The Hall–Kier alpha value is -3.18. The third kappa shape index (κ3) is 4.20. The van der Waals surface area contributed by atoms with Crippen LogP contribution in [0.2, 0.25) is 5.02 Å². The molecule has 9 nitrogen and oxygen atoms in total. The van der Waals surface area contributed by atoms with E-state index >= 15 is 0 Å². The summed E-state index contributed by atoms with van der Waals surface area (Å²) < 4.78 is 15.0. The van der Waals surface area contributed by atoms with Crippen LogP contribution in [0.15, 0.2) is 67.0 Å². The topological polar surface area (TPSA) is 126 Å². The van der Waals surface area contributed by atoms with Gasteiger partial charge in [-0.25, -0.2) is 0 Å². The Morgan fingerprint density at radius 2 is 1.83 bits per heavy atom. The molecular weight excluding hydrogens is 488 g/mol. The van der Waals surface area contributed by atoms with Crippen molar-refractivity contribution in [3.63, 3.8) is 0 Å². The zero-order valence-corrected chi connectivity index (χ0v) is 20.0. The number of aromatic nitrogens is 2. The largest absolute Gasteiger partial charge is 0.460 e. The molecule has 1 aliphatic heterocycles. The van der Waals surface area contributed by atoms with Gasteiger partial charge in [-0.05, 0) is 42.5 Å². The summed E-state index contributed by atoms with van der Waals surface area (Å²) in [6.45, 7) is -0.573. The van der Waals surface area contributed by atoms with Gasteiger partial charge in [-0.15, -0.1) is 0 Å². The van der Waals surface area contributed by atoms with Crippen molar-refractivity contribution in [3.8, 4) is 11.4 Å². The van der Waals surface area contributed by atoms with E-state index in [0.29, 0.717) is 32.9 Å². The van der Waals surface area contributed by atoms with Crippen LogP contribution in [0.4, 0.5) is 0 Å². The van der Waals surface area contributed by atoms with Crippen LogP contribution in [0.1, 0.15) is 16.1 Å². The molecule has 0 aliphatic carbocycles. The highest BCUT2D eigenvalue weighted by Gasteiger charge is 2.45. The van der Waals surface area contributed by atoms with Crippen molar-refractivity contribution >= 4 is 28.3 Å². The van der Waals surface area contributed by atoms with E-state index < -0.39 is 37.3 Å². The average molecular weight is 513 g/mol. The number of aryl methyl sites for hydroxylation is 1. The highest BCUT2D eigenvalue weighted by atomic mass is 35.5. The van der Waals surface area contributed by atoms with Gasteiger partial charge in [-0.3, -0.25) is 4.79 Å². The van der Waals surface area contributed by atoms with Crippen LogP contribution in [0.25, 0.3) is 16.6 Å². The number of aliphatic hydroxyl groups is 4. The first-order chi connectivity index (χ1) is 17.3. The van der Waals surface area contributed by atoms with Crippen LogP contribution in [-0.2, 0) is 11.8 Å². The number of benzene rings is 2. The molecule has 0 amide bonds. The molecule has 0 bridgehead atoms. The van der Waals surface area contributed by atoms with Crippen molar-refractivity contribution in [2.75, 3.05) is 6.61 Å². The van der Waals surface area contributed by atoms with Crippen LogP contribution < -0.4 is 4.74 Å². The molecule has 3 heterocycles. The zero-order chi connectivity index (χ0) is 25.6. The van der Waals surface area contributed by atoms with Crippen LogP contribution in [-0.4, -0.2) is 72.7 Å². The number of para-hydroxylation sites is 1. The normalized spacial score (nSPS) is 24.2. The lowest BCUT2D eigenvalue weighted by Gasteiger charge is -2.39. The highest BCUT2D eigenvalue weighted by molar-refractivity contribution is 6.31. The number of hydrogen-bond acceptors (Lipinski definition) is 7. The lowest BCUT2D eigenvalue weighted by atomic mass is 9.99. The predicted molar refractivity (Wildman–Crippen MR) is 132 cm³/mol. The Kier molecular flexibility index (Phi) is 6.60. The third-order valence-electron chi connectivity index (χ3n) is 6.41. The van der Waals surface area contributed by atoms with Gasteiger partial charge < -0.3 is 39.0 Å². The smallest absolute Gasteiger partial charge is 0.229 e. The number of hydrogen-bond donors (Lipinski definition) is 4. The summed E-state index contributed by atoms with van der Waals surface area (Å²) in [5.41, 5.74) is 2.19. The Labute approximate surface area is 211 Å². The predicted octanol–water partition coefficient (Wildman–Crippen LogP) is 2.03. The van der Waals surface area contributed by atoms with E-state index in [4.69, 9.17) is 21.1 Å². The van der Waals surface area contributed by atoms with Gasteiger partial charge in [-0.1, -0.05) is 23.7 Å². The van der Waals surface area contributed by atoms with Gasteiger partial charge in [0.05, 0.1) is 29.7 Å². The maximum Gasteiger partial charge on any atom is 0.229 e. The Bertz CT molecular complexity index is 1410. The quantitative estimate of drug-likeness (QED) is 0.291. The van der Waals surface area contributed by atoms with Crippen molar-refractivity contribution in [3.05, 3.63) is 83.3 Å². The molecule has 2 aromatic carbocycles. The molecule has 188 valence electrons. The molecule has 5 atom stereocenters. The molecule has 0 spiro atoms. The number of nitrogens with zero attached hydrogens (tertiary/aromatic N) is 2. The third-order valence-corrected chi connectivity index (χ3v) is 6.64. The summed E-state index contributed by atoms with van der Waals surface area (Å²) in [5.74, 6) is 0.116. The molecule has 1 saturated heterocycles. The molecule has 1 fully saturated rings. The van der Waals surface area contributed by atoms with Gasteiger partial charge >= 0.3 is 0 Å². The van der Waals surface area contributed by atoms with Gasteiger partial charge in [0.1, 0.15) is 30.2 Å². The fourth-order valence-corrected chi connectivity index (χ4v) is 4.63. The minimum absolute atomic E-state index is 0.168. The van der Waals surface area contributed by atoms with E-state index in [1.54, 1.807) is 77.1 Å². The lowest BCUT2D eigenvalue weighted by Crippen LogP contribution is -2.60. The second kappa shape index (κ2) is 9.70. The molecule has 4 N–H and O–H groups in total. The summed E-state index contributed by atoms with van der Waals surface area (Å²) in [6, 6.07) is 15.8. The van der Waals surface area contributed by atoms with Crippen molar-refractivity contribution in [2.45, 2.75) is 30.7 Å². The molecule has 0 unspecified atom stereocenters. The van der Waals surface area contributed by atoms with Crippen LogP contribution in [0, 0.1) is 0 Å². The first-order valence-corrected chi connectivity index (χ1v) is 11.7. The van der Waals surface area contributed by atoms with Gasteiger partial charge in [0.15, 0.2) is 0 Å². The Morgan fingerprint density at radius 1 is 1.06 bits per heavy atom. The van der Waals surface area contributed by atoms with E-state index in [2.05, 4.69) is 0 Å². The monoisotopic (exact) mass is 512 g/mol. The molecule has 10 heteroatoms. The SMILES string of the molecule is Cn1cccc1C(=O)c1ccccc1-n1cc(O[C@H]2O[C@H](CO)[C@H](O)[C@H](O)[C@H]2O)c2ccc(Cl)cc21. The number of ether oxygens (including phenoxy) is 2. The summed E-state index contributed by atoms with van der Waals surface area (Å²) in [5, 5.41) is 41.3. The highest BCUT2D eigenvalue weighted by Crippen LogP contribution is 2.36. The van der Waals surface area contributed by atoms with Gasteiger partial charge in [0, 0.05) is 29.2 Å². The molecule has 36 heavy (non-hydrogen) atoms. The fraction of sp³-hybridized carbons (Fsp3) is 0.269. The van der Waals surface area contributed by atoms with Crippen LogP contribution in [0.5, 0.6) is 5.75 Å². The molecule has 4 aromatic rings. The minimum atomic E-state index is -1.58. The number of carbonyl (C=O) groups excluding carboxylic acids is 1. The van der Waals surface area contributed by atoms with Gasteiger partial charge in [0.25, 0.3) is 0 Å². The molecule has 5 rings (SSSR count). The first kappa shape index (κ1) is 24.5. The fourth-order valence-electron chi connectivity index (χ4n) is 4.46. The minimum Gasteiger partial charge on any atom is -0.460 e. The van der Waals surface area contributed by atoms with Crippen molar-refractivity contribution in [1.82, 2.24) is 9.13 Å². The summed E-state index contributed by atoms with van der Waals surface area (Å²) in [7, 11) is 1.80. The maximum absolute atomic E-state index is 13.4. The zero-order valence-electron chi connectivity index (χ0n) is 19.2. The molecule has 2 aromatic heterocycles. The molecular formula is C26H25ClN2O7. The number of halogens is 1. The van der Waals surface area contributed by atoms with Crippen molar-refractivity contribution < 1.29 is 34.7 Å². The Balaban J connectivity index is 1.59. The first-order valence-electron chi connectivity index (χ1n) is 11.3. The van der Waals surface area contributed by atoms with Crippen molar-refractivity contribution in [1.29, 1.82) is 0 Å². The van der Waals surface area contributed by atoms with E-state index in [1.165, 1.54) is 0 Å². The van der Waals surface area contributed by atoms with Crippen molar-refractivity contribution in [2.24, 2.45) is 7.05 Å². The van der Waals surface area contributed by atoms with E-state index in [9.17, 15) is 25.2 Å². The Morgan fingerprint density at radius 3 is 2.56 bits per heavy atom. The standard InChI is InChI=1S/C26H25ClN2O7/c1-28-10-4-7-18(28)22(31)16-5-2-3-6-17(16)29-12-20(15-9-8-14(27)11-19(15)29)35-26-25(34)24(33)23(32)21(13-30)36-26/h2-12,21,23-26,30,32-34H,13H2,1H3/t21-,23+,24+,25-,26+/m1/s1. The summed E-state index contributed by atoms with van der Waals surface area (Å²) >= 11 is 6.30. The molecule has 1 aliphatic rings. The summed E-state index contributed by atoms with van der Waals surface area (Å²) in [6.07, 6.45) is -3.69. The average Bonchev–Trinajstić information content (AvgIpc) is 3.47. The number of rotatable bonds is 6. The van der Waals surface area contributed by atoms with Crippen LogP contribution in [0.3, 0.4) is 0 Å². The van der Waals surface area contributed by atoms with E-state index in [-0.39, 0.29) is 11.5 Å². The number of ketones is 1. The lowest BCUT2D eigenvalue weighted by molar-refractivity contribution is -0.277. The van der Waals surface area contributed by atoms with Gasteiger partial charge in [0.2, 0.25) is 12.1 Å². The molecule has 0 saturated carbocycles. The maximum atomic E-state index is 13.4. The van der Waals surface area contributed by atoms with Gasteiger partial charge in [-0.2, -0.15) is 0 Å². The molecule has 0 radical (unpaired) electrons.